The van der Waals surface area contributed by atoms with Gasteiger partial charge in [0.05, 0.1) is 18.8 Å². The minimum atomic E-state index is -0.401. The number of benzene rings is 1. The largest absolute Gasteiger partial charge is 0.494 e. The zero-order chi connectivity index (χ0) is 14.2. The van der Waals surface area contributed by atoms with E-state index < -0.39 is 6.10 Å². The van der Waals surface area contributed by atoms with Gasteiger partial charge in [0.25, 0.3) is 0 Å². The minimum absolute atomic E-state index is 0.401. The summed E-state index contributed by atoms with van der Waals surface area (Å²) in [6.07, 6.45) is 6.23. The molecular weight excluding hydrogens is 252 g/mol. The number of rotatable bonds is 8. The van der Waals surface area contributed by atoms with Gasteiger partial charge < -0.3 is 14.6 Å². The van der Waals surface area contributed by atoms with Crippen molar-refractivity contribution in [2.75, 3.05) is 13.2 Å². The Kier molecular flexibility index (Phi) is 6.34. The molecule has 1 saturated heterocycles. The molecule has 0 spiro atoms. The Balaban J connectivity index is 1.77. The average molecular weight is 278 g/mol. The molecule has 1 aliphatic rings. The predicted octanol–water partition coefficient (Wildman–Crippen LogP) is 3.86. The summed E-state index contributed by atoms with van der Waals surface area (Å²) < 4.78 is 11.2. The Bertz CT molecular complexity index is 386. The van der Waals surface area contributed by atoms with E-state index in [4.69, 9.17) is 9.47 Å². The summed E-state index contributed by atoms with van der Waals surface area (Å²) in [6.45, 7) is 3.71. The molecule has 1 heterocycles. The minimum Gasteiger partial charge on any atom is -0.494 e. The summed E-state index contributed by atoms with van der Waals surface area (Å²) in [7, 11) is 0. The smallest absolute Gasteiger partial charge is 0.119 e. The summed E-state index contributed by atoms with van der Waals surface area (Å²) in [5.74, 6) is 0.850. The Hall–Kier alpha value is -1.06. The highest BCUT2D eigenvalue weighted by molar-refractivity contribution is 5.29. The van der Waals surface area contributed by atoms with Gasteiger partial charge in [-0.1, -0.05) is 19.1 Å². The van der Waals surface area contributed by atoms with Crippen LogP contribution in [0.5, 0.6) is 5.75 Å². The topological polar surface area (TPSA) is 38.7 Å². The van der Waals surface area contributed by atoms with Crippen LogP contribution in [0.4, 0.5) is 0 Å². The van der Waals surface area contributed by atoms with Crippen molar-refractivity contribution in [2.45, 2.75) is 57.7 Å². The van der Waals surface area contributed by atoms with Crippen molar-refractivity contribution in [1.29, 1.82) is 0 Å². The molecule has 0 radical (unpaired) electrons. The standard InChI is InChI=1S/C17H26O3/c1-2-11-19-16-8-3-6-14(13-16)17(18)10-4-7-15-9-5-12-20-15/h3,6,8,13,15,17-18H,2,4-5,7,9-12H2,1H3. The van der Waals surface area contributed by atoms with E-state index in [1.807, 2.05) is 24.3 Å². The summed E-state index contributed by atoms with van der Waals surface area (Å²) in [4.78, 5) is 0. The van der Waals surface area contributed by atoms with Crippen LogP contribution in [0.2, 0.25) is 0 Å². The lowest BCUT2D eigenvalue weighted by Gasteiger charge is -2.14. The van der Waals surface area contributed by atoms with E-state index in [2.05, 4.69) is 6.92 Å². The van der Waals surface area contributed by atoms with Gasteiger partial charge in [-0.15, -0.1) is 0 Å². The van der Waals surface area contributed by atoms with E-state index in [1.54, 1.807) is 0 Å². The fraction of sp³-hybridized carbons (Fsp3) is 0.647. The fourth-order valence-electron chi connectivity index (χ4n) is 2.61. The number of hydrogen-bond acceptors (Lipinski definition) is 3. The molecule has 3 nitrogen and oxygen atoms in total. The van der Waals surface area contributed by atoms with Gasteiger partial charge >= 0.3 is 0 Å². The van der Waals surface area contributed by atoms with Crippen molar-refractivity contribution in [3.8, 4) is 5.75 Å². The first-order valence-electron chi connectivity index (χ1n) is 7.82. The predicted molar refractivity (Wildman–Crippen MR) is 80.0 cm³/mol. The third kappa shape index (κ3) is 4.80. The zero-order valence-corrected chi connectivity index (χ0v) is 12.4. The van der Waals surface area contributed by atoms with Crippen molar-refractivity contribution in [3.63, 3.8) is 0 Å². The maximum atomic E-state index is 10.2. The Morgan fingerprint density at radius 3 is 3.10 bits per heavy atom. The molecule has 1 N–H and O–H groups in total. The molecule has 2 atom stereocenters. The lowest BCUT2D eigenvalue weighted by atomic mass is 10.0. The highest BCUT2D eigenvalue weighted by atomic mass is 16.5. The summed E-state index contributed by atoms with van der Waals surface area (Å²) in [5.41, 5.74) is 0.950. The van der Waals surface area contributed by atoms with Crippen LogP contribution in [-0.4, -0.2) is 24.4 Å². The zero-order valence-electron chi connectivity index (χ0n) is 12.4. The van der Waals surface area contributed by atoms with Crippen LogP contribution in [0.1, 0.15) is 57.1 Å². The van der Waals surface area contributed by atoms with Crippen molar-refractivity contribution in [1.82, 2.24) is 0 Å². The molecule has 3 heteroatoms. The Morgan fingerprint density at radius 2 is 2.35 bits per heavy atom. The van der Waals surface area contributed by atoms with Gasteiger partial charge in [0, 0.05) is 6.61 Å². The first kappa shape index (κ1) is 15.3. The molecular formula is C17H26O3. The van der Waals surface area contributed by atoms with Crippen molar-refractivity contribution >= 4 is 0 Å². The lowest BCUT2D eigenvalue weighted by Crippen LogP contribution is -2.06. The van der Waals surface area contributed by atoms with Crippen LogP contribution in [0, 0.1) is 0 Å². The normalized spacial score (nSPS) is 20.0. The molecule has 0 aliphatic carbocycles. The van der Waals surface area contributed by atoms with Crippen LogP contribution >= 0.6 is 0 Å². The van der Waals surface area contributed by atoms with Gasteiger partial charge in [0.15, 0.2) is 0 Å². The fourth-order valence-corrected chi connectivity index (χ4v) is 2.61. The highest BCUT2D eigenvalue weighted by Crippen LogP contribution is 2.25. The van der Waals surface area contributed by atoms with Crippen molar-refractivity contribution in [3.05, 3.63) is 29.8 Å². The van der Waals surface area contributed by atoms with Crippen LogP contribution in [-0.2, 0) is 4.74 Å². The van der Waals surface area contributed by atoms with E-state index in [-0.39, 0.29) is 0 Å². The number of ether oxygens (including phenoxy) is 2. The molecule has 2 unspecified atom stereocenters. The molecule has 1 fully saturated rings. The molecule has 0 bridgehead atoms. The van der Waals surface area contributed by atoms with Gasteiger partial charge in [-0.05, 0) is 56.2 Å². The van der Waals surface area contributed by atoms with Gasteiger partial charge in [-0.3, -0.25) is 0 Å². The van der Waals surface area contributed by atoms with E-state index >= 15 is 0 Å². The highest BCUT2D eigenvalue weighted by Gasteiger charge is 2.16. The molecule has 1 aliphatic heterocycles. The van der Waals surface area contributed by atoms with E-state index in [1.165, 1.54) is 12.8 Å². The number of aliphatic hydroxyl groups excluding tert-OH is 1. The molecule has 1 aromatic rings. The van der Waals surface area contributed by atoms with Gasteiger partial charge in [-0.2, -0.15) is 0 Å². The molecule has 0 aromatic heterocycles. The second-order valence-electron chi connectivity index (χ2n) is 5.50. The van der Waals surface area contributed by atoms with Crippen LogP contribution in [0.3, 0.4) is 0 Å². The number of hydrogen-bond donors (Lipinski definition) is 1. The second kappa shape index (κ2) is 8.28. The molecule has 0 saturated carbocycles. The average Bonchev–Trinajstić information content (AvgIpc) is 2.98. The Labute approximate surface area is 121 Å². The van der Waals surface area contributed by atoms with E-state index in [9.17, 15) is 5.11 Å². The van der Waals surface area contributed by atoms with Gasteiger partial charge in [0.1, 0.15) is 5.75 Å². The van der Waals surface area contributed by atoms with Crippen LogP contribution in [0.25, 0.3) is 0 Å². The first-order valence-corrected chi connectivity index (χ1v) is 7.82. The van der Waals surface area contributed by atoms with Crippen molar-refractivity contribution < 1.29 is 14.6 Å². The van der Waals surface area contributed by atoms with Gasteiger partial charge in [0.2, 0.25) is 0 Å². The van der Waals surface area contributed by atoms with Crippen LogP contribution in [0.15, 0.2) is 24.3 Å². The molecule has 112 valence electrons. The monoisotopic (exact) mass is 278 g/mol. The summed E-state index contributed by atoms with van der Waals surface area (Å²) in [5, 5.41) is 10.2. The maximum Gasteiger partial charge on any atom is 0.119 e. The van der Waals surface area contributed by atoms with Gasteiger partial charge in [-0.25, -0.2) is 0 Å². The third-order valence-corrected chi connectivity index (χ3v) is 3.74. The number of aliphatic hydroxyl groups is 1. The molecule has 0 amide bonds. The summed E-state index contributed by atoms with van der Waals surface area (Å²) >= 11 is 0. The summed E-state index contributed by atoms with van der Waals surface area (Å²) in [6, 6.07) is 7.81. The van der Waals surface area contributed by atoms with Crippen LogP contribution < -0.4 is 4.74 Å². The lowest BCUT2D eigenvalue weighted by molar-refractivity contribution is 0.0944. The van der Waals surface area contributed by atoms with Crippen molar-refractivity contribution in [2.24, 2.45) is 0 Å². The van der Waals surface area contributed by atoms with E-state index in [0.717, 1.165) is 50.2 Å². The Morgan fingerprint density at radius 1 is 1.45 bits per heavy atom. The maximum absolute atomic E-state index is 10.2. The quantitative estimate of drug-likeness (QED) is 0.784. The second-order valence-corrected chi connectivity index (χ2v) is 5.50. The van der Waals surface area contributed by atoms with E-state index in [0.29, 0.717) is 6.10 Å². The first-order chi connectivity index (χ1) is 9.79. The molecule has 20 heavy (non-hydrogen) atoms. The third-order valence-electron chi connectivity index (χ3n) is 3.74. The SMILES string of the molecule is CCCOc1cccc(C(O)CCCC2CCCO2)c1. The molecule has 1 aromatic carbocycles. The molecule has 2 rings (SSSR count).